The second kappa shape index (κ2) is 5.97. The van der Waals surface area contributed by atoms with Gasteiger partial charge in [0.2, 0.25) is 0 Å². The van der Waals surface area contributed by atoms with Crippen LogP contribution in [0, 0.1) is 0 Å². The van der Waals surface area contributed by atoms with E-state index < -0.39 is 0 Å². The minimum Gasteiger partial charge on any atom is -0.290 e. The molecule has 2 fully saturated rings. The molecule has 1 aromatic rings. The fourth-order valence-electron chi connectivity index (χ4n) is 4.08. The average Bonchev–Trinajstić information content (AvgIpc) is 2.82. The van der Waals surface area contributed by atoms with Crippen molar-refractivity contribution in [1.82, 2.24) is 10.2 Å². The van der Waals surface area contributed by atoms with E-state index in [2.05, 4.69) is 56.6 Å². The Balaban J connectivity index is 1.59. The van der Waals surface area contributed by atoms with Crippen molar-refractivity contribution in [2.75, 3.05) is 0 Å². The van der Waals surface area contributed by atoms with Crippen LogP contribution >= 0.6 is 11.6 Å². The summed E-state index contributed by atoms with van der Waals surface area (Å²) in [6, 6.07) is 10.7. The van der Waals surface area contributed by atoms with Gasteiger partial charge in [0, 0.05) is 23.7 Å². The van der Waals surface area contributed by atoms with Crippen molar-refractivity contribution in [3.8, 4) is 0 Å². The van der Waals surface area contributed by atoms with Gasteiger partial charge in [-0.1, -0.05) is 36.4 Å². The molecule has 0 radical (unpaired) electrons. The summed E-state index contributed by atoms with van der Waals surface area (Å²) < 4.78 is 0. The number of fused-ring (bicyclic) bond motifs is 1. The maximum atomic E-state index is 6.81. The molecule has 2 atom stereocenters. The molecular formula is C20H19ClN4. The van der Waals surface area contributed by atoms with Crippen LogP contribution in [0.5, 0.6) is 0 Å². The summed E-state index contributed by atoms with van der Waals surface area (Å²) in [5, 5.41) is 3.56. The van der Waals surface area contributed by atoms with Gasteiger partial charge in [-0.15, -0.1) is 11.6 Å². The maximum absolute atomic E-state index is 6.81. The van der Waals surface area contributed by atoms with Crippen molar-refractivity contribution in [1.29, 1.82) is 0 Å². The van der Waals surface area contributed by atoms with Crippen molar-refractivity contribution in [2.45, 2.75) is 37.2 Å². The minimum absolute atomic E-state index is 0.216. The van der Waals surface area contributed by atoms with Gasteiger partial charge in [-0.3, -0.25) is 10.2 Å². The first-order chi connectivity index (χ1) is 12.3. The fourth-order valence-corrected chi connectivity index (χ4v) is 4.47. The zero-order chi connectivity index (χ0) is 16.8. The molecule has 5 heteroatoms. The molecule has 0 amide bonds. The van der Waals surface area contributed by atoms with E-state index in [1.807, 2.05) is 6.07 Å². The quantitative estimate of drug-likeness (QED) is 0.607. The van der Waals surface area contributed by atoms with Crippen LogP contribution in [0.3, 0.4) is 0 Å². The smallest absolute Gasteiger partial charge is 0.146 e. The third kappa shape index (κ3) is 2.48. The number of rotatable bonds is 1. The molecule has 1 aromatic carbocycles. The number of hydrogen-bond donors (Lipinski definition) is 1. The lowest BCUT2D eigenvalue weighted by atomic mass is 9.89. The number of piperidine rings is 2. The first-order valence-electron chi connectivity index (χ1n) is 8.80. The standard InChI is InChI=1S/C20H19ClN4/c21-19-18-14(11-16(24-19)13-5-2-1-3-6-13)9-10-15-7-4-8-17-22-12-23-20(18)25(15)17/h1-3,5-6,9-10,12,16,19,24H,4,7-8,11H2. The number of nitrogens with one attached hydrogen (secondary N) is 1. The number of halogens is 1. The van der Waals surface area contributed by atoms with Crippen molar-refractivity contribution in [3.05, 3.63) is 70.7 Å². The van der Waals surface area contributed by atoms with Crippen LogP contribution in [-0.2, 0) is 0 Å². The van der Waals surface area contributed by atoms with Gasteiger partial charge in [0.05, 0.1) is 0 Å². The Hall–Kier alpha value is -2.17. The number of hydrogen-bond acceptors (Lipinski definition) is 4. The molecule has 4 heterocycles. The van der Waals surface area contributed by atoms with Crippen LogP contribution in [0.4, 0.5) is 0 Å². The molecule has 2 saturated heterocycles. The molecule has 0 aliphatic carbocycles. The molecule has 0 spiro atoms. The number of allylic oxidation sites excluding steroid dienone is 3. The topological polar surface area (TPSA) is 40.0 Å². The highest BCUT2D eigenvalue weighted by atomic mass is 35.5. The van der Waals surface area contributed by atoms with Gasteiger partial charge in [-0.05, 0) is 36.5 Å². The van der Waals surface area contributed by atoms with Gasteiger partial charge in [0.25, 0.3) is 0 Å². The molecule has 4 aliphatic rings. The predicted molar refractivity (Wildman–Crippen MR) is 101 cm³/mol. The van der Waals surface area contributed by atoms with Gasteiger partial charge in [-0.2, -0.15) is 0 Å². The average molecular weight is 351 g/mol. The Labute approximate surface area is 152 Å². The number of nitrogens with zero attached hydrogens (tertiary/aromatic N) is 3. The summed E-state index contributed by atoms with van der Waals surface area (Å²) >= 11 is 6.81. The number of aliphatic imine (C=N–C) groups is 2. The van der Waals surface area contributed by atoms with E-state index in [9.17, 15) is 0 Å². The number of alkyl halides is 1. The van der Waals surface area contributed by atoms with E-state index >= 15 is 0 Å². The molecule has 126 valence electrons. The molecular weight excluding hydrogens is 332 g/mol. The highest BCUT2D eigenvalue weighted by Gasteiger charge is 2.36. The molecule has 4 nitrogen and oxygen atoms in total. The second-order valence-corrected chi connectivity index (χ2v) is 7.20. The predicted octanol–water partition coefficient (Wildman–Crippen LogP) is 4.25. The lowest BCUT2D eigenvalue weighted by molar-refractivity contribution is 0.474. The molecule has 0 saturated carbocycles. The van der Waals surface area contributed by atoms with Gasteiger partial charge >= 0.3 is 0 Å². The van der Waals surface area contributed by atoms with Crippen LogP contribution in [0.2, 0.25) is 0 Å². The van der Waals surface area contributed by atoms with Crippen molar-refractivity contribution >= 4 is 23.8 Å². The Morgan fingerprint density at radius 2 is 2.00 bits per heavy atom. The van der Waals surface area contributed by atoms with Crippen LogP contribution < -0.4 is 5.32 Å². The number of benzene rings is 1. The van der Waals surface area contributed by atoms with E-state index in [0.29, 0.717) is 0 Å². The highest BCUT2D eigenvalue weighted by Crippen LogP contribution is 2.42. The summed E-state index contributed by atoms with van der Waals surface area (Å²) in [4.78, 5) is 11.3. The van der Waals surface area contributed by atoms with Gasteiger partial charge < -0.3 is 0 Å². The summed E-state index contributed by atoms with van der Waals surface area (Å²) in [6.45, 7) is 0. The fraction of sp³-hybridized carbons (Fsp3) is 0.300. The monoisotopic (exact) mass is 350 g/mol. The van der Waals surface area contributed by atoms with Gasteiger partial charge in [0.15, 0.2) is 0 Å². The normalized spacial score (nSPS) is 27.7. The summed E-state index contributed by atoms with van der Waals surface area (Å²) in [6.07, 6.45) is 10.2. The molecule has 4 aliphatic heterocycles. The first-order valence-corrected chi connectivity index (χ1v) is 9.23. The molecule has 0 aromatic heterocycles. The molecule has 25 heavy (non-hydrogen) atoms. The number of amidine groups is 1. The molecule has 1 N–H and O–H groups in total. The van der Waals surface area contributed by atoms with E-state index in [4.69, 9.17) is 11.6 Å². The van der Waals surface area contributed by atoms with E-state index in [1.165, 1.54) is 16.8 Å². The molecule has 5 rings (SSSR count). The highest BCUT2D eigenvalue weighted by molar-refractivity contribution is 6.22. The second-order valence-electron chi connectivity index (χ2n) is 6.76. The van der Waals surface area contributed by atoms with Gasteiger partial charge in [-0.25, -0.2) is 9.98 Å². The summed E-state index contributed by atoms with van der Waals surface area (Å²) in [5.74, 6) is 2.03. The maximum Gasteiger partial charge on any atom is 0.146 e. The zero-order valence-electron chi connectivity index (χ0n) is 13.8. The minimum atomic E-state index is -0.272. The van der Waals surface area contributed by atoms with Crippen LogP contribution in [-0.4, -0.2) is 22.6 Å². The van der Waals surface area contributed by atoms with E-state index in [1.54, 1.807) is 6.34 Å². The Morgan fingerprint density at radius 3 is 2.88 bits per heavy atom. The lowest BCUT2D eigenvalue weighted by Crippen LogP contribution is -2.40. The largest absolute Gasteiger partial charge is 0.290 e. The SMILES string of the molecule is ClC1NC(c2ccccc2)CC2=CC=C3CCCC4=NC=NC(=C21)N34. The molecule has 2 unspecified atom stereocenters. The van der Waals surface area contributed by atoms with Crippen molar-refractivity contribution < 1.29 is 0 Å². The Morgan fingerprint density at radius 1 is 1.12 bits per heavy atom. The summed E-state index contributed by atoms with van der Waals surface area (Å²) in [7, 11) is 0. The molecule has 0 bridgehead atoms. The van der Waals surface area contributed by atoms with E-state index in [0.717, 1.165) is 42.9 Å². The first kappa shape index (κ1) is 15.1. The van der Waals surface area contributed by atoms with Crippen LogP contribution in [0.25, 0.3) is 0 Å². The third-order valence-electron chi connectivity index (χ3n) is 5.27. The lowest BCUT2D eigenvalue weighted by Gasteiger charge is -2.37. The van der Waals surface area contributed by atoms with E-state index in [-0.39, 0.29) is 11.5 Å². The zero-order valence-corrected chi connectivity index (χ0v) is 14.6. The van der Waals surface area contributed by atoms with Gasteiger partial charge in [0.1, 0.15) is 23.5 Å². The van der Waals surface area contributed by atoms with Crippen LogP contribution in [0.15, 0.2) is 75.1 Å². The van der Waals surface area contributed by atoms with Crippen molar-refractivity contribution in [3.63, 3.8) is 0 Å². The summed E-state index contributed by atoms with van der Waals surface area (Å²) in [5.41, 5.74) is 4.62. The van der Waals surface area contributed by atoms with Crippen molar-refractivity contribution in [2.24, 2.45) is 9.98 Å². The Kier molecular flexibility index (Phi) is 3.61. The van der Waals surface area contributed by atoms with Crippen LogP contribution in [0.1, 0.15) is 37.3 Å². The Bertz CT molecular complexity index is 863. The third-order valence-corrected chi connectivity index (χ3v) is 5.61.